The molecule has 11 nitrogen and oxygen atoms in total. The number of nitro groups is 1. The van der Waals surface area contributed by atoms with Gasteiger partial charge in [-0.05, 0) is 50.1 Å². The van der Waals surface area contributed by atoms with Gasteiger partial charge in [0.25, 0.3) is 15.7 Å². The molecule has 0 saturated heterocycles. The Morgan fingerprint density at radius 3 is 2.40 bits per heavy atom. The van der Waals surface area contributed by atoms with E-state index in [1.807, 2.05) is 13.0 Å². The maximum absolute atomic E-state index is 14.1. The van der Waals surface area contributed by atoms with Crippen molar-refractivity contribution < 1.29 is 27.7 Å². The number of carbonyl (C=O) groups is 2. The summed E-state index contributed by atoms with van der Waals surface area (Å²) in [5.41, 5.74) is 0.546. The molecular weight excluding hydrogens is 584 g/mol. The van der Waals surface area contributed by atoms with Crippen molar-refractivity contribution in [3.05, 3.63) is 93.0 Å². The molecule has 3 rings (SSSR count). The van der Waals surface area contributed by atoms with Crippen molar-refractivity contribution >= 4 is 44.8 Å². The van der Waals surface area contributed by atoms with Crippen LogP contribution in [0.2, 0.25) is 5.02 Å². The van der Waals surface area contributed by atoms with Gasteiger partial charge in [0, 0.05) is 29.7 Å². The van der Waals surface area contributed by atoms with Crippen LogP contribution in [0.5, 0.6) is 5.75 Å². The van der Waals surface area contributed by atoms with Crippen molar-refractivity contribution in [2.45, 2.75) is 44.7 Å². The molecule has 0 aliphatic rings. The summed E-state index contributed by atoms with van der Waals surface area (Å²) in [6, 6.07) is 15.8. The van der Waals surface area contributed by atoms with Crippen molar-refractivity contribution in [3.63, 3.8) is 0 Å². The van der Waals surface area contributed by atoms with Gasteiger partial charge in [-0.2, -0.15) is 0 Å². The molecule has 0 aromatic heterocycles. The maximum atomic E-state index is 14.1. The highest BCUT2D eigenvalue weighted by Gasteiger charge is 2.34. The normalized spacial score (nSPS) is 11.8. The van der Waals surface area contributed by atoms with E-state index < -0.39 is 49.9 Å². The van der Waals surface area contributed by atoms with Crippen LogP contribution in [0, 0.1) is 17.0 Å². The van der Waals surface area contributed by atoms with E-state index in [0.717, 1.165) is 15.9 Å². The van der Waals surface area contributed by atoms with Crippen LogP contribution in [0.4, 0.5) is 11.4 Å². The molecule has 0 saturated carbocycles. The van der Waals surface area contributed by atoms with Crippen LogP contribution >= 0.6 is 11.6 Å². The Bertz CT molecular complexity index is 1550. The summed E-state index contributed by atoms with van der Waals surface area (Å²) in [7, 11) is -3.26. The summed E-state index contributed by atoms with van der Waals surface area (Å²) in [5, 5.41) is 14.5. The standard InChI is InChI=1S/C29H33ClN4O7S/c1-5-15-31-29(36)21(3)32(18-22-9-7-6-8-10-22)28(35)19-33(26-16-23(30)12-14-27(26)41-4)42(39,40)24-13-11-20(2)25(17-24)34(37)38/h6-14,16-17,21H,5,15,18-19H2,1-4H3,(H,31,36)/t21-/m1/s1. The zero-order chi connectivity index (χ0) is 31.0. The van der Waals surface area contributed by atoms with Crippen LogP contribution in [0.3, 0.4) is 0 Å². The molecule has 0 spiro atoms. The monoisotopic (exact) mass is 616 g/mol. The lowest BCUT2D eigenvalue weighted by molar-refractivity contribution is -0.385. The number of aryl methyl sites for hydroxylation is 1. The van der Waals surface area contributed by atoms with E-state index in [0.29, 0.717) is 13.0 Å². The first-order valence-corrected chi connectivity index (χ1v) is 14.9. The molecule has 224 valence electrons. The van der Waals surface area contributed by atoms with Crippen LogP contribution in [-0.4, -0.2) is 56.3 Å². The summed E-state index contributed by atoms with van der Waals surface area (Å²) in [5.74, 6) is -0.990. The van der Waals surface area contributed by atoms with E-state index in [9.17, 15) is 28.1 Å². The summed E-state index contributed by atoms with van der Waals surface area (Å²) in [4.78, 5) is 38.8. The predicted octanol–water partition coefficient (Wildman–Crippen LogP) is 4.70. The van der Waals surface area contributed by atoms with Crippen molar-refractivity contribution in [2.75, 3.05) is 24.5 Å². The summed E-state index contributed by atoms with van der Waals surface area (Å²) in [6.45, 7) is 4.63. The van der Waals surface area contributed by atoms with Gasteiger partial charge in [0.1, 0.15) is 18.3 Å². The maximum Gasteiger partial charge on any atom is 0.273 e. The number of nitro benzene ring substituents is 1. The third-order valence-corrected chi connectivity index (χ3v) is 8.56. The molecule has 0 fully saturated rings. The Morgan fingerprint density at radius 2 is 1.79 bits per heavy atom. The number of methoxy groups -OCH3 is 1. The molecule has 1 N–H and O–H groups in total. The molecule has 2 amide bonds. The Kier molecular flexibility index (Phi) is 10.9. The third-order valence-electron chi connectivity index (χ3n) is 6.57. The predicted molar refractivity (Wildman–Crippen MR) is 160 cm³/mol. The topological polar surface area (TPSA) is 139 Å². The largest absolute Gasteiger partial charge is 0.495 e. The second-order valence-electron chi connectivity index (χ2n) is 9.51. The SMILES string of the molecule is CCCNC(=O)[C@@H](C)N(Cc1ccccc1)C(=O)CN(c1cc(Cl)ccc1OC)S(=O)(=O)c1ccc(C)c([N+](=O)[O-])c1. The van der Waals surface area contributed by atoms with Gasteiger partial charge in [0.15, 0.2) is 0 Å². The number of halogens is 1. The number of ether oxygens (including phenoxy) is 1. The molecule has 13 heteroatoms. The van der Waals surface area contributed by atoms with Crippen LogP contribution in [-0.2, 0) is 26.2 Å². The summed E-state index contributed by atoms with van der Waals surface area (Å²) in [6.07, 6.45) is 0.689. The van der Waals surface area contributed by atoms with Crippen LogP contribution in [0.25, 0.3) is 0 Å². The number of hydrogen-bond acceptors (Lipinski definition) is 7. The van der Waals surface area contributed by atoms with E-state index >= 15 is 0 Å². The first-order valence-electron chi connectivity index (χ1n) is 13.1. The Morgan fingerprint density at radius 1 is 1.10 bits per heavy atom. The lowest BCUT2D eigenvalue weighted by Crippen LogP contribution is -2.51. The molecule has 42 heavy (non-hydrogen) atoms. The minimum atomic E-state index is -4.60. The molecule has 0 heterocycles. The minimum absolute atomic E-state index is 0.0248. The molecule has 0 aliphatic heterocycles. The fourth-order valence-corrected chi connectivity index (χ4v) is 5.81. The molecule has 0 aliphatic carbocycles. The van der Waals surface area contributed by atoms with Gasteiger partial charge in [-0.15, -0.1) is 0 Å². The molecule has 1 atom stereocenters. The number of nitrogens with zero attached hydrogens (tertiary/aromatic N) is 3. The number of amides is 2. The summed E-state index contributed by atoms with van der Waals surface area (Å²) >= 11 is 6.23. The van der Waals surface area contributed by atoms with Crippen molar-refractivity contribution in [3.8, 4) is 5.75 Å². The van der Waals surface area contributed by atoms with E-state index in [2.05, 4.69) is 5.32 Å². The van der Waals surface area contributed by atoms with E-state index in [-0.39, 0.29) is 28.6 Å². The number of sulfonamides is 1. The number of benzene rings is 3. The molecular formula is C29H33ClN4O7S. The van der Waals surface area contributed by atoms with Gasteiger partial charge < -0.3 is 15.0 Å². The Hall–Kier alpha value is -4.16. The quantitative estimate of drug-likeness (QED) is 0.217. The average Bonchev–Trinajstić information content (AvgIpc) is 2.97. The second kappa shape index (κ2) is 14.1. The molecule has 3 aromatic rings. The fourth-order valence-electron chi connectivity index (χ4n) is 4.20. The van der Waals surface area contributed by atoms with Gasteiger partial charge in [-0.1, -0.05) is 54.9 Å². The van der Waals surface area contributed by atoms with Gasteiger partial charge in [0.05, 0.1) is 22.6 Å². The van der Waals surface area contributed by atoms with Gasteiger partial charge in [-0.3, -0.25) is 24.0 Å². The van der Waals surface area contributed by atoms with Gasteiger partial charge in [0.2, 0.25) is 11.8 Å². The number of rotatable bonds is 13. The fraction of sp³-hybridized carbons (Fsp3) is 0.310. The highest BCUT2D eigenvalue weighted by molar-refractivity contribution is 7.92. The highest BCUT2D eigenvalue weighted by Crippen LogP contribution is 2.36. The van der Waals surface area contributed by atoms with Crippen LogP contribution in [0.1, 0.15) is 31.4 Å². The smallest absolute Gasteiger partial charge is 0.273 e. The van der Waals surface area contributed by atoms with Gasteiger partial charge >= 0.3 is 0 Å². The van der Waals surface area contributed by atoms with Crippen molar-refractivity contribution in [1.82, 2.24) is 10.2 Å². The summed E-state index contributed by atoms with van der Waals surface area (Å²) < 4.78 is 34.4. The lowest BCUT2D eigenvalue weighted by Gasteiger charge is -2.32. The molecule has 0 unspecified atom stereocenters. The second-order valence-corrected chi connectivity index (χ2v) is 11.8. The first-order chi connectivity index (χ1) is 19.9. The lowest BCUT2D eigenvalue weighted by atomic mass is 10.1. The van der Waals surface area contributed by atoms with Gasteiger partial charge in [-0.25, -0.2) is 8.42 Å². The molecule has 0 radical (unpaired) electrons. The molecule has 3 aromatic carbocycles. The van der Waals surface area contributed by atoms with Crippen LogP contribution < -0.4 is 14.4 Å². The van der Waals surface area contributed by atoms with E-state index in [4.69, 9.17) is 16.3 Å². The Labute approximate surface area is 250 Å². The number of nitrogens with one attached hydrogen (secondary N) is 1. The molecule has 0 bridgehead atoms. The number of hydrogen-bond donors (Lipinski definition) is 1. The number of anilines is 1. The minimum Gasteiger partial charge on any atom is -0.495 e. The van der Waals surface area contributed by atoms with E-state index in [1.54, 1.807) is 31.2 Å². The van der Waals surface area contributed by atoms with Crippen molar-refractivity contribution in [2.24, 2.45) is 0 Å². The Balaban J connectivity index is 2.14. The number of carbonyl (C=O) groups excluding carboxylic acids is 2. The average molecular weight is 617 g/mol. The zero-order valence-electron chi connectivity index (χ0n) is 23.7. The zero-order valence-corrected chi connectivity index (χ0v) is 25.3. The third kappa shape index (κ3) is 7.56. The first kappa shape index (κ1) is 32.4. The van der Waals surface area contributed by atoms with Crippen LogP contribution in [0.15, 0.2) is 71.6 Å². The van der Waals surface area contributed by atoms with E-state index in [1.165, 1.54) is 49.3 Å². The highest BCUT2D eigenvalue weighted by atomic mass is 35.5. The van der Waals surface area contributed by atoms with Crippen molar-refractivity contribution in [1.29, 1.82) is 0 Å².